The quantitative estimate of drug-likeness (QED) is 0.199. The number of hydrogen-bond acceptors (Lipinski definition) is 8. The van der Waals surface area contributed by atoms with Crippen LogP contribution in [0.1, 0.15) is 50.2 Å². The second-order valence-electron chi connectivity index (χ2n) is 10.3. The maximum absolute atomic E-state index is 9.65. The molecule has 1 unspecified atom stereocenters. The van der Waals surface area contributed by atoms with Gasteiger partial charge in [-0.2, -0.15) is 4.98 Å². The summed E-state index contributed by atoms with van der Waals surface area (Å²) in [6.45, 7) is 5.30. The van der Waals surface area contributed by atoms with Crippen LogP contribution < -0.4 is 21.1 Å². The number of nitrogens with two attached hydrogens (primary N) is 1. The van der Waals surface area contributed by atoms with Gasteiger partial charge in [0.15, 0.2) is 5.82 Å². The van der Waals surface area contributed by atoms with Crippen LogP contribution in [0.5, 0.6) is 5.75 Å². The van der Waals surface area contributed by atoms with E-state index in [-0.39, 0.29) is 18.6 Å². The third kappa shape index (κ3) is 6.11. The smallest absolute Gasteiger partial charge is 0.222 e. The van der Waals surface area contributed by atoms with E-state index in [1.165, 1.54) is 5.56 Å². The van der Waals surface area contributed by atoms with Crippen molar-refractivity contribution in [2.75, 3.05) is 37.9 Å². The highest BCUT2D eigenvalue weighted by Gasteiger charge is 2.21. The molecule has 0 aliphatic carbocycles. The minimum atomic E-state index is 0.0803. The van der Waals surface area contributed by atoms with E-state index >= 15 is 0 Å². The Balaban J connectivity index is 1.53. The monoisotopic (exact) mass is 532 g/mol. The zero-order valence-corrected chi connectivity index (χ0v) is 22.9. The van der Waals surface area contributed by atoms with Gasteiger partial charge in [0.25, 0.3) is 0 Å². The van der Waals surface area contributed by atoms with Crippen LogP contribution in [0.2, 0.25) is 0 Å². The van der Waals surface area contributed by atoms with E-state index in [2.05, 4.69) is 56.4 Å². The molecule has 208 valence electrons. The number of nitrogens with one attached hydrogen (secondary N) is 2. The van der Waals surface area contributed by atoms with Gasteiger partial charge >= 0.3 is 0 Å². The van der Waals surface area contributed by atoms with Gasteiger partial charge < -0.3 is 35.5 Å². The molecule has 2 aromatic carbocycles. The number of para-hydroxylation sites is 1. The number of aliphatic hydroxyl groups is 1. The Morgan fingerprint density at radius 3 is 2.85 bits per heavy atom. The van der Waals surface area contributed by atoms with Crippen LogP contribution in [0.25, 0.3) is 21.9 Å². The topological polar surface area (TPSA) is 119 Å². The molecule has 1 aliphatic heterocycles. The largest absolute Gasteiger partial charge is 0.496 e. The standard InChI is InChI=1S/C30H40N6O3/c1-3-7-22(13-14-37)33-29-28-27(34-30(31)35-29)24-9-4-5-10-25(24)36(28)19-21-16-20(11-12-26(21)38-2)17-32-18-23-8-6-15-39-23/h4-5,9-12,16,22-23,32,37H,3,6-8,13-15,17-19H2,1-2H3,(H3,31,33,34,35)/t22-,23?/m0/s1. The van der Waals surface area contributed by atoms with Crippen molar-refractivity contribution < 1.29 is 14.6 Å². The Morgan fingerprint density at radius 2 is 2.08 bits per heavy atom. The minimum absolute atomic E-state index is 0.0803. The number of rotatable bonds is 13. The zero-order chi connectivity index (χ0) is 27.2. The summed E-state index contributed by atoms with van der Waals surface area (Å²) in [6.07, 6.45) is 5.11. The maximum atomic E-state index is 9.65. The number of benzene rings is 2. The Morgan fingerprint density at radius 1 is 1.21 bits per heavy atom. The van der Waals surface area contributed by atoms with Crippen LogP contribution in [-0.4, -0.2) is 58.7 Å². The summed E-state index contributed by atoms with van der Waals surface area (Å²) in [4.78, 5) is 9.31. The van der Waals surface area contributed by atoms with Crippen molar-refractivity contribution in [2.45, 2.75) is 64.3 Å². The molecule has 9 nitrogen and oxygen atoms in total. The molecular weight excluding hydrogens is 492 g/mol. The van der Waals surface area contributed by atoms with Gasteiger partial charge in [0.05, 0.1) is 25.3 Å². The summed E-state index contributed by atoms with van der Waals surface area (Å²) in [5.74, 6) is 1.75. The zero-order valence-electron chi connectivity index (χ0n) is 22.9. The number of fused-ring (bicyclic) bond motifs is 3. The molecule has 39 heavy (non-hydrogen) atoms. The molecule has 0 spiro atoms. The van der Waals surface area contributed by atoms with Crippen LogP contribution in [0.4, 0.5) is 11.8 Å². The van der Waals surface area contributed by atoms with Crippen molar-refractivity contribution in [3.05, 3.63) is 53.6 Å². The molecule has 1 saturated heterocycles. The lowest BCUT2D eigenvalue weighted by molar-refractivity contribution is 0.110. The normalized spacial score (nSPS) is 16.2. The number of aromatic nitrogens is 3. The van der Waals surface area contributed by atoms with Crippen molar-refractivity contribution in [2.24, 2.45) is 0 Å². The second-order valence-corrected chi connectivity index (χ2v) is 10.3. The molecule has 9 heteroatoms. The molecule has 2 atom stereocenters. The Labute approximate surface area is 229 Å². The third-order valence-corrected chi connectivity index (χ3v) is 7.48. The van der Waals surface area contributed by atoms with Gasteiger partial charge in [-0.25, -0.2) is 4.98 Å². The van der Waals surface area contributed by atoms with Gasteiger partial charge in [0.1, 0.15) is 16.8 Å². The summed E-state index contributed by atoms with van der Waals surface area (Å²) in [6, 6.07) is 14.7. The highest BCUT2D eigenvalue weighted by molar-refractivity contribution is 6.09. The summed E-state index contributed by atoms with van der Waals surface area (Å²) in [5, 5.41) is 17.8. The van der Waals surface area contributed by atoms with Crippen LogP contribution in [-0.2, 0) is 17.8 Å². The highest BCUT2D eigenvalue weighted by Crippen LogP contribution is 2.34. The van der Waals surface area contributed by atoms with E-state index in [9.17, 15) is 5.11 Å². The van der Waals surface area contributed by atoms with Crippen molar-refractivity contribution in [3.63, 3.8) is 0 Å². The summed E-state index contributed by atoms with van der Waals surface area (Å²) >= 11 is 0. The van der Waals surface area contributed by atoms with Gasteiger partial charge in [0.2, 0.25) is 5.95 Å². The van der Waals surface area contributed by atoms with E-state index < -0.39 is 0 Å². The van der Waals surface area contributed by atoms with E-state index in [1.54, 1.807) is 7.11 Å². The predicted octanol–water partition coefficient (Wildman–Crippen LogP) is 4.46. The Bertz CT molecular complexity index is 1390. The van der Waals surface area contributed by atoms with Gasteiger partial charge in [-0.15, -0.1) is 0 Å². The fraction of sp³-hybridized carbons (Fsp3) is 0.467. The van der Waals surface area contributed by atoms with Gasteiger partial charge in [-0.3, -0.25) is 0 Å². The molecule has 1 aliphatic rings. The Hall–Kier alpha value is -3.40. The minimum Gasteiger partial charge on any atom is -0.496 e. The number of aliphatic hydroxyl groups excluding tert-OH is 1. The first-order valence-electron chi connectivity index (χ1n) is 14.0. The molecule has 0 saturated carbocycles. The average molecular weight is 533 g/mol. The summed E-state index contributed by atoms with van der Waals surface area (Å²) < 4.78 is 13.8. The summed E-state index contributed by atoms with van der Waals surface area (Å²) in [7, 11) is 1.71. The molecule has 0 bridgehead atoms. The van der Waals surface area contributed by atoms with Crippen molar-refractivity contribution in [1.82, 2.24) is 19.9 Å². The molecule has 3 heterocycles. The lowest BCUT2D eigenvalue weighted by Gasteiger charge is -2.20. The molecule has 5 N–H and O–H groups in total. The van der Waals surface area contributed by atoms with Gasteiger partial charge in [0, 0.05) is 43.3 Å². The molecule has 5 rings (SSSR count). The highest BCUT2D eigenvalue weighted by atomic mass is 16.5. The Kier molecular flexibility index (Phi) is 8.81. The van der Waals surface area contributed by atoms with E-state index in [4.69, 9.17) is 15.2 Å². The predicted molar refractivity (Wildman–Crippen MR) is 156 cm³/mol. The number of nitrogen functional groups attached to an aromatic ring is 1. The van der Waals surface area contributed by atoms with E-state index in [0.717, 1.165) is 78.6 Å². The van der Waals surface area contributed by atoms with E-state index in [0.29, 0.717) is 24.9 Å². The number of anilines is 2. The molecule has 1 fully saturated rings. The fourth-order valence-electron chi connectivity index (χ4n) is 5.62. The second kappa shape index (κ2) is 12.6. The van der Waals surface area contributed by atoms with Crippen LogP contribution in [0.3, 0.4) is 0 Å². The third-order valence-electron chi connectivity index (χ3n) is 7.48. The number of hydrogen-bond donors (Lipinski definition) is 4. The molecule has 0 amide bonds. The first-order chi connectivity index (χ1) is 19.1. The molecule has 0 radical (unpaired) electrons. The van der Waals surface area contributed by atoms with Crippen molar-refractivity contribution >= 4 is 33.7 Å². The molecule has 4 aromatic rings. The van der Waals surface area contributed by atoms with Crippen LogP contribution in [0, 0.1) is 0 Å². The molecule has 2 aromatic heterocycles. The molecular formula is C30H40N6O3. The first-order valence-corrected chi connectivity index (χ1v) is 14.0. The average Bonchev–Trinajstić information content (AvgIpc) is 3.56. The first kappa shape index (κ1) is 27.2. The number of nitrogens with zero attached hydrogens (tertiary/aromatic N) is 3. The van der Waals surface area contributed by atoms with E-state index in [1.807, 2.05) is 18.2 Å². The number of ether oxygens (including phenoxy) is 2. The van der Waals surface area contributed by atoms with Crippen molar-refractivity contribution in [3.8, 4) is 5.75 Å². The summed E-state index contributed by atoms with van der Waals surface area (Å²) in [5.41, 5.74) is 11.2. The van der Waals surface area contributed by atoms with Crippen molar-refractivity contribution in [1.29, 1.82) is 0 Å². The fourth-order valence-corrected chi connectivity index (χ4v) is 5.62. The number of methoxy groups -OCH3 is 1. The SMILES string of the molecule is CCC[C@@H](CCO)Nc1nc(N)nc2c3ccccc3n(Cc3cc(CNCC4CCCO4)ccc3OC)c12. The van der Waals surface area contributed by atoms with Crippen LogP contribution >= 0.6 is 0 Å². The maximum Gasteiger partial charge on any atom is 0.222 e. The van der Waals surface area contributed by atoms with Crippen LogP contribution in [0.15, 0.2) is 42.5 Å². The lowest BCUT2D eigenvalue weighted by Crippen LogP contribution is -2.25. The van der Waals surface area contributed by atoms with Gasteiger partial charge in [-0.1, -0.05) is 37.6 Å². The van der Waals surface area contributed by atoms with Gasteiger partial charge in [-0.05, 0) is 49.4 Å². The lowest BCUT2D eigenvalue weighted by atomic mass is 10.1.